The molecule has 1 atom stereocenters. The molecule has 0 amide bonds. The molecule has 0 aromatic heterocycles. The largest absolute Gasteiger partial charge is 0.460 e. The minimum Gasteiger partial charge on any atom is -0.379 e. The summed E-state index contributed by atoms with van der Waals surface area (Å²) < 4.78 is 172. The summed E-state index contributed by atoms with van der Waals surface area (Å²) in [6.07, 6.45) is -9.49. The molecule has 1 aromatic carbocycles. The van der Waals surface area contributed by atoms with Crippen molar-refractivity contribution in [1.29, 1.82) is 0 Å². The molecule has 0 heterocycles. The van der Waals surface area contributed by atoms with E-state index < -0.39 is 59.8 Å². The van der Waals surface area contributed by atoms with E-state index in [0.29, 0.717) is 6.07 Å². The van der Waals surface area contributed by atoms with Crippen LogP contribution in [-0.2, 0) is 12.0 Å². The molecule has 166 valence electrons. The molecule has 14 heteroatoms. The number of aliphatic hydroxyl groups is 1. The number of aryl methyl sites for hydroxylation is 1. The fourth-order valence-corrected chi connectivity index (χ4v) is 2.95. The van der Waals surface area contributed by atoms with E-state index in [9.17, 15) is 62.2 Å². The SMILES string of the molecule is OC1(C(F)(F)C(F)(F)C(F)(F)C(F)(F)C(F)(F)C(F)(F)F)CCc2ccccc21. The molecule has 0 fully saturated rings. The van der Waals surface area contributed by atoms with E-state index in [2.05, 4.69) is 0 Å². The Labute approximate surface area is 153 Å². The van der Waals surface area contributed by atoms with Crippen LogP contribution in [0.3, 0.4) is 0 Å². The van der Waals surface area contributed by atoms with Crippen LogP contribution in [0.1, 0.15) is 17.5 Å². The molecule has 1 nitrogen and oxygen atoms in total. The summed E-state index contributed by atoms with van der Waals surface area (Å²) in [5.74, 6) is -37.8. The monoisotopic (exact) mass is 452 g/mol. The first-order valence-corrected chi connectivity index (χ1v) is 7.46. The summed E-state index contributed by atoms with van der Waals surface area (Å²) >= 11 is 0. The third kappa shape index (κ3) is 2.73. The van der Waals surface area contributed by atoms with Crippen LogP contribution in [0.5, 0.6) is 0 Å². The standard InChI is InChI=1S/C15H9F13O/c16-10(17,9(29)6-5-7-3-1-2-4-8(7)9)11(18,19)12(20,21)13(22,23)14(24,25)15(26,27)28/h1-4,29H,5-6H2. The van der Waals surface area contributed by atoms with E-state index in [0.717, 1.165) is 12.1 Å². The Kier molecular flexibility index (Phi) is 4.99. The van der Waals surface area contributed by atoms with Gasteiger partial charge in [-0.15, -0.1) is 0 Å². The van der Waals surface area contributed by atoms with E-state index in [-0.39, 0.29) is 5.56 Å². The molecule has 0 radical (unpaired) electrons. The topological polar surface area (TPSA) is 20.2 Å². The number of hydrogen-bond donors (Lipinski definition) is 1. The molecule has 0 bridgehead atoms. The number of hydrogen-bond acceptors (Lipinski definition) is 1. The quantitative estimate of drug-likeness (QED) is 0.581. The number of fused-ring (bicyclic) bond motifs is 1. The number of rotatable bonds is 5. The van der Waals surface area contributed by atoms with Gasteiger partial charge in [-0.05, 0) is 24.0 Å². The lowest BCUT2D eigenvalue weighted by molar-refractivity contribution is -0.450. The molecule has 2 rings (SSSR count). The molecule has 1 aliphatic rings. The van der Waals surface area contributed by atoms with Crippen molar-refractivity contribution in [2.75, 3.05) is 0 Å². The zero-order valence-electron chi connectivity index (χ0n) is 13.6. The van der Waals surface area contributed by atoms with Crippen LogP contribution >= 0.6 is 0 Å². The average molecular weight is 452 g/mol. The number of alkyl halides is 13. The second-order valence-corrected chi connectivity index (χ2v) is 6.39. The van der Waals surface area contributed by atoms with Crippen molar-refractivity contribution in [3.8, 4) is 0 Å². The fourth-order valence-electron chi connectivity index (χ4n) is 2.95. The Morgan fingerprint density at radius 3 is 1.59 bits per heavy atom. The summed E-state index contributed by atoms with van der Waals surface area (Å²) in [6, 6.07) is 3.65. The van der Waals surface area contributed by atoms with Gasteiger partial charge in [0.05, 0.1) is 0 Å². The molecule has 1 aromatic rings. The van der Waals surface area contributed by atoms with Gasteiger partial charge in [0.1, 0.15) is 0 Å². The van der Waals surface area contributed by atoms with E-state index in [1.165, 1.54) is 6.07 Å². The molecule has 0 saturated carbocycles. The minimum atomic E-state index is -7.99. The van der Waals surface area contributed by atoms with Crippen molar-refractivity contribution >= 4 is 0 Å². The first kappa shape index (κ1) is 23.5. The van der Waals surface area contributed by atoms with Gasteiger partial charge in [0.25, 0.3) is 0 Å². The Balaban J connectivity index is 2.64. The lowest BCUT2D eigenvalue weighted by atomic mass is 9.81. The predicted molar refractivity (Wildman–Crippen MR) is 69.4 cm³/mol. The van der Waals surface area contributed by atoms with Gasteiger partial charge in [0, 0.05) is 0 Å². The molecular formula is C15H9F13O. The molecule has 1 aliphatic carbocycles. The summed E-state index contributed by atoms with van der Waals surface area (Å²) in [5.41, 5.74) is -5.58. The molecule has 1 unspecified atom stereocenters. The highest BCUT2D eigenvalue weighted by atomic mass is 19.4. The van der Waals surface area contributed by atoms with Crippen molar-refractivity contribution < 1.29 is 62.2 Å². The Bertz CT molecular complexity index is 783. The van der Waals surface area contributed by atoms with Crippen molar-refractivity contribution in [2.45, 2.75) is 54.2 Å². The fraction of sp³-hybridized carbons (Fsp3) is 0.600. The predicted octanol–water partition coefficient (Wildman–Crippen LogP) is 5.56. The maximum Gasteiger partial charge on any atom is 0.460 e. The summed E-state index contributed by atoms with van der Waals surface area (Å²) in [6.45, 7) is 0. The van der Waals surface area contributed by atoms with Crippen LogP contribution < -0.4 is 0 Å². The second kappa shape index (κ2) is 6.14. The zero-order valence-corrected chi connectivity index (χ0v) is 13.6. The normalized spacial score (nSPS) is 22.0. The highest BCUT2D eigenvalue weighted by Crippen LogP contribution is 2.64. The van der Waals surface area contributed by atoms with Gasteiger partial charge >= 0.3 is 35.8 Å². The summed E-state index contributed by atoms with van der Waals surface area (Å²) in [5, 5.41) is 9.98. The highest BCUT2D eigenvalue weighted by Gasteiger charge is 2.92. The lowest BCUT2D eigenvalue weighted by Crippen LogP contribution is -2.72. The Morgan fingerprint density at radius 2 is 1.10 bits per heavy atom. The van der Waals surface area contributed by atoms with E-state index in [1.54, 1.807) is 0 Å². The first-order chi connectivity index (χ1) is 12.7. The average Bonchev–Trinajstić information content (AvgIpc) is 2.92. The third-order valence-electron chi connectivity index (χ3n) is 4.67. The van der Waals surface area contributed by atoms with Crippen LogP contribution in [-0.4, -0.2) is 40.9 Å². The van der Waals surface area contributed by atoms with Crippen molar-refractivity contribution in [2.24, 2.45) is 0 Å². The maximum atomic E-state index is 14.3. The van der Waals surface area contributed by atoms with Crippen molar-refractivity contribution in [1.82, 2.24) is 0 Å². The summed E-state index contributed by atoms with van der Waals surface area (Å²) in [7, 11) is 0. The molecule has 1 N–H and O–H groups in total. The second-order valence-electron chi connectivity index (χ2n) is 6.39. The van der Waals surface area contributed by atoms with Gasteiger partial charge in [-0.25, -0.2) is 0 Å². The minimum absolute atomic E-state index is 0.263. The summed E-state index contributed by atoms with van der Waals surface area (Å²) in [4.78, 5) is 0. The molecular weight excluding hydrogens is 443 g/mol. The molecule has 0 spiro atoms. The molecule has 0 aliphatic heterocycles. The maximum absolute atomic E-state index is 14.3. The van der Waals surface area contributed by atoms with Gasteiger partial charge in [0.15, 0.2) is 5.60 Å². The number of halogens is 13. The highest BCUT2D eigenvalue weighted by molar-refractivity contribution is 5.40. The molecule has 29 heavy (non-hydrogen) atoms. The zero-order chi connectivity index (χ0) is 22.9. The smallest absolute Gasteiger partial charge is 0.379 e. The Hall–Kier alpha value is -1.73. The van der Waals surface area contributed by atoms with E-state index in [1.807, 2.05) is 0 Å². The molecule has 0 saturated heterocycles. The van der Waals surface area contributed by atoms with Gasteiger partial charge in [0.2, 0.25) is 0 Å². The van der Waals surface area contributed by atoms with Gasteiger partial charge in [-0.2, -0.15) is 57.1 Å². The van der Waals surface area contributed by atoms with Crippen LogP contribution in [0.15, 0.2) is 24.3 Å². The lowest BCUT2D eigenvalue weighted by Gasteiger charge is -2.44. The van der Waals surface area contributed by atoms with Crippen LogP contribution in [0.25, 0.3) is 0 Å². The van der Waals surface area contributed by atoms with E-state index >= 15 is 0 Å². The van der Waals surface area contributed by atoms with Crippen LogP contribution in [0.4, 0.5) is 57.1 Å². The van der Waals surface area contributed by atoms with Crippen molar-refractivity contribution in [3.63, 3.8) is 0 Å². The van der Waals surface area contributed by atoms with Crippen LogP contribution in [0, 0.1) is 0 Å². The van der Waals surface area contributed by atoms with Gasteiger partial charge < -0.3 is 5.11 Å². The Morgan fingerprint density at radius 1 is 0.655 bits per heavy atom. The van der Waals surface area contributed by atoms with Gasteiger partial charge in [-0.3, -0.25) is 0 Å². The van der Waals surface area contributed by atoms with Gasteiger partial charge in [-0.1, -0.05) is 24.3 Å². The first-order valence-electron chi connectivity index (χ1n) is 7.46. The van der Waals surface area contributed by atoms with E-state index in [4.69, 9.17) is 0 Å². The van der Waals surface area contributed by atoms with Crippen LogP contribution in [0.2, 0.25) is 0 Å². The number of benzene rings is 1. The van der Waals surface area contributed by atoms with Crippen molar-refractivity contribution in [3.05, 3.63) is 35.4 Å². The third-order valence-corrected chi connectivity index (χ3v) is 4.67.